The largest absolute Gasteiger partial charge is 0.383 e. The quantitative estimate of drug-likeness (QED) is 0.642. The highest BCUT2D eigenvalue weighted by Gasteiger charge is 2.16. The van der Waals surface area contributed by atoms with Gasteiger partial charge in [0.1, 0.15) is 5.69 Å². The van der Waals surface area contributed by atoms with Crippen molar-refractivity contribution in [3.05, 3.63) is 33.9 Å². The molecule has 2 rings (SSSR count). The van der Waals surface area contributed by atoms with Crippen molar-refractivity contribution in [2.75, 3.05) is 25.5 Å². The van der Waals surface area contributed by atoms with Gasteiger partial charge >= 0.3 is 0 Å². The molecule has 0 aliphatic carbocycles. The molecule has 92 valence electrons. The van der Waals surface area contributed by atoms with Crippen LogP contribution in [0.4, 0.5) is 11.4 Å². The van der Waals surface area contributed by atoms with Crippen LogP contribution in [0, 0.1) is 10.1 Å². The number of nitrogens with one attached hydrogen (secondary N) is 1. The zero-order valence-corrected chi connectivity index (χ0v) is 9.98. The first-order valence-corrected chi connectivity index (χ1v) is 5.88. The Morgan fingerprint density at radius 2 is 2.12 bits per heavy atom. The molecule has 0 atom stereocenters. The van der Waals surface area contributed by atoms with Gasteiger partial charge in [-0.15, -0.1) is 0 Å². The zero-order valence-electron chi connectivity index (χ0n) is 9.98. The summed E-state index contributed by atoms with van der Waals surface area (Å²) in [6.45, 7) is 3.01. The van der Waals surface area contributed by atoms with Gasteiger partial charge in [-0.05, 0) is 37.6 Å². The highest BCUT2D eigenvalue weighted by Crippen LogP contribution is 2.26. The molecule has 1 fully saturated rings. The van der Waals surface area contributed by atoms with Gasteiger partial charge in [0, 0.05) is 19.7 Å². The van der Waals surface area contributed by atoms with Gasteiger partial charge in [0.05, 0.1) is 4.92 Å². The first-order valence-electron chi connectivity index (χ1n) is 5.88. The predicted molar refractivity (Wildman–Crippen MR) is 67.2 cm³/mol. The first kappa shape index (κ1) is 11.9. The monoisotopic (exact) mass is 235 g/mol. The average molecular weight is 235 g/mol. The summed E-state index contributed by atoms with van der Waals surface area (Å²) < 4.78 is 0. The van der Waals surface area contributed by atoms with Crippen LogP contribution in [0.15, 0.2) is 18.2 Å². The maximum Gasteiger partial charge on any atom is 0.292 e. The van der Waals surface area contributed by atoms with Crippen molar-refractivity contribution in [1.82, 2.24) is 4.90 Å². The lowest BCUT2D eigenvalue weighted by Gasteiger charge is -2.14. The van der Waals surface area contributed by atoms with Gasteiger partial charge in [0.2, 0.25) is 0 Å². The van der Waals surface area contributed by atoms with E-state index in [0.29, 0.717) is 5.69 Å². The second kappa shape index (κ2) is 5.14. The third-order valence-corrected chi connectivity index (χ3v) is 3.13. The molecule has 0 aromatic heterocycles. The van der Waals surface area contributed by atoms with Gasteiger partial charge in [-0.1, -0.05) is 6.07 Å². The minimum absolute atomic E-state index is 0.157. The molecule has 1 aromatic carbocycles. The van der Waals surface area contributed by atoms with E-state index in [4.69, 9.17) is 0 Å². The van der Waals surface area contributed by atoms with E-state index in [0.717, 1.165) is 25.2 Å². The predicted octanol–water partition coefficient (Wildman–Crippen LogP) is 2.23. The second-order valence-electron chi connectivity index (χ2n) is 4.34. The number of hydrogen-bond donors (Lipinski definition) is 1. The summed E-state index contributed by atoms with van der Waals surface area (Å²) in [6.07, 6.45) is 2.47. The molecule has 0 saturated carbocycles. The first-order chi connectivity index (χ1) is 8.20. The molecule has 1 aromatic rings. The maximum absolute atomic E-state index is 10.9. The standard InChI is InChI=1S/C12H17N3O2/c1-13-11-5-4-10(8-12(11)15(16)17)9-14-6-2-3-7-14/h4-5,8,13H,2-3,6-7,9H2,1H3. The van der Waals surface area contributed by atoms with Crippen LogP contribution in [0.3, 0.4) is 0 Å². The van der Waals surface area contributed by atoms with Gasteiger partial charge in [0.15, 0.2) is 0 Å². The van der Waals surface area contributed by atoms with Crippen molar-refractivity contribution < 1.29 is 4.92 Å². The summed E-state index contributed by atoms with van der Waals surface area (Å²) in [5.74, 6) is 0. The minimum atomic E-state index is -0.334. The summed E-state index contributed by atoms with van der Waals surface area (Å²) in [5.41, 5.74) is 1.74. The lowest BCUT2D eigenvalue weighted by atomic mass is 10.1. The number of nitro benzene ring substituents is 1. The molecule has 1 aliphatic heterocycles. The fourth-order valence-electron chi connectivity index (χ4n) is 2.24. The Kier molecular flexibility index (Phi) is 3.58. The lowest BCUT2D eigenvalue weighted by Crippen LogP contribution is -2.18. The molecule has 0 unspecified atom stereocenters. The van der Waals surface area contributed by atoms with Crippen molar-refractivity contribution in [2.45, 2.75) is 19.4 Å². The summed E-state index contributed by atoms with van der Waals surface area (Å²) in [5, 5.41) is 13.8. The molecule has 17 heavy (non-hydrogen) atoms. The molecule has 1 heterocycles. The Hall–Kier alpha value is -1.62. The lowest BCUT2D eigenvalue weighted by molar-refractivity contribution is -0.384. The number of anilines is 1. The van der Waals surface area contributed by atoms with Crippen LogP contribution < -0.4 is 5.32 Å². The van der Waals surface area contributed by atoms with E-state index < -0.39 is 0 Å². The normalized spacial score (nSPS) is 16.1. The number of benzene rings is 1. The van der Waals surface area contributed by atoms with Gasteiger partial charge in [-0.2, -0.15) is 0 Å². The fourth-order valence-corrected chi connectivity index (χ4v) is 2.24. The molecule has 0 radical (unpaired) electrons. The second-order valence-corrected chi connectivity index (χ2v) is 4.34. The van der Waals surface area contributed by atoms with E-state index in [2.05, 4.69) is 10.2 Å². The van der Waals surface area contributed by atoms with Gasteiger partial charge < -0.3 is 5.32 Å². The van der Waals surface area contributed by atoms with Crippen LogP contribution in [-0.4, -0.2) is 30.0 Å². The highest BCUT2D eigenvalue weighted by atomic mass is 16.6. The zero-order chi connectivity index (χ0) is 12.3. The van der Waals surface area contributed by atoms with Crippen molar-refractivity contribution in [3.8, 4) is 0 Å². The molecule has 0 amide bonds. The van der Waals surface area contributed by atoms with Crippen LogP contribution in [-0.2, 0) is 6.54 Å². The topological polar surface area (TPSA) is 58.4 Å². The number of nitro groups is 1. The third kappa shape index (κ3) is 2.74. The Balaban J connectivity index is 2.17. The van der Waals surface area contributed by atoms with E-state index in [1.165, 1.54) is 12.8 Å². The van der Waals surface area contributed by atoms with Gasteiger partial charge in [0.25, 0.3) is 5.69 Å². The highest BCUT2D eigenvalue weighted by molar-refractivity contribution is 5.62. The van der Waals surface area contributed by atoms with Crippen LogP contribution in [0.25, 0.3) is 0 Å². The van der Waals surface area contributed by atoms with Crippen molar-refractivity contribution in [1.29, 1.82) is 0 Å². The maximum atomic E-state index is 10.9. The van der Waals surface area contributed by atoms with Crippen LogP contribution in [0.2, 0.25) is 0 Å². The van der Waals surface area contributed by atoms with Crippen molar-refractivity contribution >= 4 is 11.4 Å². The Labute approximate surface area is 101 Å². The van der Waals surface area contributed by atoms with Gasteiger partial charge in [-0.3, -0.25) is 15.0 Å². The average Bonchev–Trinajstić information content (AvgIpc) is 2.81. The molecular weight excluding hydrogens is 218 g/mol. The molecular formula is C12H17N3O2. The number of likely N-dealkylation sites (tertiary alicyclic amines) is 1. The van der Waals surface area contributed by atoms with E-state index in [-0.39, 0.29) is 10.6 Å². The van der Waals surface area contributed by atoms with E-state index in [9.17, 15) is 10.1 Å². The van der Waals surface area contributed by atoms with Crippen molar-refractivity contribution in [2.24, 2.45) is 0 Å². The van der Waals surface area contributed by atoms with Gasteiger partial charge in [-0.25, -0.2) is 0 Å². The van der Waals surface area contributed by atoms with Crippen LogP contribution in [0.1, 0.15) is 18.4 Å². The molecule has 1 saturated heterocycles. The van der Waals surface area contributed by atoms with E-state index >= 15 is 0 Å². The molecule has 5 nitrogen and oxygen atoms in total. The summed E-state index contributed by atoms with van der Waals surface area (Å²) in [4.78, 5) is 12.9. The van der Waals surface area contributed by atoms with E-state index in [1.54, 1.807) is 19.2 Å². The smallest absolute Gasteiger partial charge is 0.292 e. The Morgan fingerprint density at radius 3 is 2.71 bits per heavy atom. The third-order valence-electron chi connectivity index (χ3n) is 3.13. The van der Waals surface area contributed by atoms with Crippen LogP contribution in [0.5, 0.6) is 0 Å². The molecule has 0 bridgehead atoms. The van der Waals surface area contributed by atoms with Crippen LogP contribution >= 0.6 is 0 Å². The molecule has 1 N–H and O–H groups in total. The Morgan fingerprint density at radius 1 is 1.41 bits per heavy atom. The molecule has 5 heteroatoms. The SMILES string of the molecule is CNc1ccc(CN2CCCC2)cc1[N+](=O)[O-]. The number of rotatable bonds is 4. The molecule has 1 aliphatic rings. The van der Waals surface area contributed by atoms with Crippen molar-refractivity contribution in [3.63, 3.8) is 0 Å². The summed E-state index contributed by atoms with van der Waals surface area (Å²) in [7, 11) is 1.70. The number of nitrogens with zero attached hydrogens (tertiary/aromatic N) is 2. The summed E-state index contributed by atoms with van der Waals surface area (Å²) in [6, 6.07) is 5.41. The molecule has 0 spiro atoms. The fraction of sp³-hybridized carbons (Fsp3) is 0.500. The van der Waals surface area contributed by atoms with E-state index in [1.807, 2.05) is 6.07 Å². The number of hydrogen-bond acceptors (Lipinski definition) is 4. The minimum Gasteiger partial charge on any atom is -0.383 e. The summed E-state index contributed by atoms with van der Waals surface area (Å²) >= 11 is 0. The Bertz CT molecular complexity index is 414.